The summed E-state index contributed by atoms with van der Waals surface area (Å²) < 4.78 is 26.3. The third kappa shape index (κ3) is 4.54. The molecule has 2 aromatic carbocycles. The smallest absolute Gasteiger partial charge is 0.192 e. The summed E-state index contributed by atoms with van der Waals surface area (Å²) in [6.45, 7) is 2.44. The number of thioether (sulfide) groups is 1. The summed E-state index contributed by atoms with van der Waals surface area (Å²) in [6, 6.07) is 15.8. The van der Waals surface area contributed by atoms with E-state index >= 15 is 0 Å². The van der Waals surface area contributed by atoms with Crippen LogP contribution < -0.4 is 4.74 Å². The zero-order chi connectivity index (χ0) is 21.8. The Balaban J connectivity index is 1.60. The number of hydrogen-bond donors (Lipinski definition) is 0. The lowest BCUT2D eigenvalue weighted by atomic mass is 10.1. The number of aromatic nitrogens is 3. The van der Waals surface area contributed by atoms with E-state index in [1.165, 1.54) is 31.0 Å². The number of Topliss-reactive ketones (excluding diaryl/α,β-unsaturated/α-hetero) is 1. The fourth-order valence-electron chi connectivity index (χ4n) is 3.17. The van der Waals surface area contributed by atoms with Gasteiger partial charge in [-0.2, -0.15) is 0 Å². The van der Waals surface area contributed by atoms with Gasteiger partial charge >= 0.3 is 0 Å². The molecule has 0 fully saturated rings. The molecule has 0 spiro atoms. The van der Waals surface area contributed by atoms with Crippen molar-refractivity contribution in [1.82, 2.24) is 14.8 Å². The molecule has 6 nitrogen and oxygen atoms in total. The molecule has 0 radical (unpaired) electrons. The molecular weight excluding hydrogens is 417 g/mol. The van der Waals surface area contributed by atoms with Crippen LogP contribution >= 0.6 is 11.8 Å². The van der Waals surface area contributed by atoms with Crippen LogP contribution in [0.4, 0.5) is 4.39 Å². The van der Waals surface area contributed by atoms with Gasteiger partial charge in [-0.25, -0.2) is 4.39 Å². The van der Waals surface area contributed by atoms with E-state index in [0.717, 1.165) is 16.9 Å². The number of carbonyl (C=O) groups excluding carboxylic acids is 1. The Kier molecular flexibility index (Phi) is 6.18. The number of nitrogens with zero attached hydrogens (tertiary/aromatic N) is 3. The minimum absolute atomic E-state index is 0.0931. The molecule has 0 aliphatic rings. The molecule has 0 aliphatic heterocycles. The number of hydrogen-bond acceptors (Lipinski definition) is 6. The molecule has 0 saturated heterocycles. The lowest BCUT2D eigenvalue weighted by Crippen LogP contribution is -2.07. The Bertz CT molecular complexity index is 1200. The second kappa shape index (κ2) is 9.18. The maximum Gasteiger partial charge on any atom is 0.192 e. The average Bonchev–Trinajstić information content (AvgIpc) is 3.43. The number of ether oxygens (including phenoxy) is 1. The lowest BCUT2D eigenvalue weighted by molar-refractivity contribution is 0.102. The van der Waals surface area contributed by atoms with E-state index in [9.17, 15) is 9.18 Å². The zero-order valence-electron chi connectivity index (χ0n) is 17.0. The van der Waals surface area contributed by atoms with Gasteiger partial charge in [-0.05, 0) is 42.8 Å². The summed E-state index contributed by atoms with van der Waals surface area (Å²) in [6.07, 6.45) is 1.61. The highest BCUT2D eigenvalue weighted by Crippen LogP contribution is 2.28. The van der Waals surface area contributed by atoms with Crippen LogP contribution in [0.25, 0.3) is 11.4 Å². The molecule has 31 heavy (non-hydrogen) atoms. The fraction of sp³-hybridized carbons (Fsp3) is 0.174. The van der Waals surface area contributed by atoms with Crippen LogP contribution in [-0.4, -0.2) is 33.4 Å². The summed E-state index contributed by atoms with van der Waals surface area (Å²) in [7, 11) is 1.38. The van der Waals surface area contributed by atoms with Gasteiger partial charge < -0.3 is 9.15 Å². The lowest BCUT2D eigenvalue weighted by Gasteiger charge is -2.10. The number of aryl methyl sites for hydroxylation is 1. The highest BCUT2D eigenvalue weighted by Gasteiger charge is 2.19. The van der Waals surface area contributed by atoms with Gasteiger partial charge in [-0.15, -0.1) is 10.2 Å². The number of rotatable bonds is 8. The molecular formula is C23H20FN3O3S. The van der Waals surface area contributed by atoms with Gasteiger partial charge in [-0.1, -0.05) is 36.0 Å². The van der Waals surface area contributed by atoms with Crippen molar-refractivity contribution in [3.05, 3.63) is 83.6 Å². The number of carbonyl (C=O) groups is 1. The molecule has 0 bridgehead atoms. The highest BCUT2D eigenvalue weighted by atomic mass is 32.2. The first-order chi connectivity index (χ1) is 15.1. The van der Waals surface area contributed by atoms with Crippen molar-refractivity contribution >= 4 is 17.5 Å². The number of benzene rings is 2. The van der Waals surface area contributed by atoms with Crippen molar-refractivity contribution in [3.63, 3.8) is 0 Å². The van der Waals surface area contributed by atoms with E-state index in [4.69, 9.17) is 9.15 Å². The maximum absolute atomic E-state index is 14.0. The summed E-state index contributed by atoms with van der Waals surface area (Å²) in [5, 5.41) is 9.27. The summed E-state index contributed by atoms with van der Waals surface area (Å²) in [4.78, 5) is 12.6. The first-order valence-electron chi connectivity index (χ1n) is 9.58. The van der Waals surface area contributed by atoms with E-state index in [0.29, 0.717) is 17.5 Å². The molecule has 4 rings (SSSR count). The van der Waals surface area contributed by atoms with Crippen molar-refractivity contribution in [3.8, 4) is 17.1 Å². The topological polar surface area (TPSA) is 70.2 Å². The van der Waals surface area contributed by atoms with Crippen molar-refractivity contribution in [1.29, 1.82) is 0 Å². The van der Waals surface area contributed by atoms with Crippen LogP contribution in [0, 0.1) is 12.7 Å². The highest BCUT2D eigenvalue weighted by molar-refractivity contribution is 7.99. The molecule has 0 atom stereocenters. The van der Waals surface area contributed by atoms with Crippen molar-refractivity contribution in [2.24, 2.45) is 0 Å². The predicted octanol–water partition coefficient (Wildman–Crippen LogP) is 5.02. The van der Waals surface area contributed by atoms with E-state index in [-0.39, 0.29) is 22.8 Å². The minimum Gasteiger partial charge on any atom is -0.494 e. The Labute approximate surface area is 183 Å². The van der Waals surface area contributed by atoms with E-state index in [1.54, 1.807) is 12.3 Å². The first kappa shape index (κ1) is 20.9. The Hall–Kier alpha value is -3.39. The minimum atomic E-state index is -0.568. The number of ketones is 1. The molecule has 4 aromatic rings. The normalized spacial score (nSPS) is 10.9. The number of methoxy groups -OCH3 is 1. The second-order valence-electron chi connectivity index (χ2n) is 6.85. The van der Waals surface area contributed by atoms with Crippen LogP contribution in [0.3, 0.4) is 0 Å². The van der Waals surface area contributed by atoms with Crippen LogP contribution in [0.2, 0.25) is 0 Å². The standard InChI is InChI=1S/C23H20FN3O3S/c1-15-6-3-4-8-18(15)22-25-26-23(27(22)13-17-7-5-11-30-17)31-14-20(28)16-9-10-21(29-2)19(24)12-16/h3-12H,13-14H2,1-2H3. The fourth-order valence-corrected chi connectivity index (χ4v) is 4.00. The largest absolute Gasteiger partial charge is 0.494 e. The molecule has 0 unspecified atom stereocenters. The van der Waals surface area contributed by atoms with Gasteiger partial charge in [-0.3, -0.25) is 9.36 Å². The van der Waals surface area contributed by atoms with Crippen LogP contribution in [0.5, 0.6) is 5.75 Å². The van der Waals surface area contributed by atoms with Gasteiger partial charge in [0.25, 0.3) is 0 Å². The number of halogens is 1. The van der Waals surface area contributed by atoms with Crippen LogP contribution in [0.1, 0.15) is 21.7 Å². The molecule has 158 valence electrons. The molecule has 0 aliphatic carbocycles. The van der Waals surface area contributed by atoms with E-state index < -0.39 is 5.82 Å². The molecule has 8 heteroatoms. The monoisotopic (exact) mass is 437 g/mol. The molecule has 0 amide bonds. The third-order valence-electron chi connectivity index (χ3n) is 4.80. The van der Waals surface area contributed by atoms with Gasteiger partial charge in [0, 0.05) is 11.1 Å². The van der Waals surface area contributed by atoms with Crippen molar-refractivity contribution < 1.29 is 18.3 Å². The van der Waals surface area contributed by atoms with Crippen molar-refractivity contribution in [2.75, 3.05) is 12.9 Å². The number of furan rings is 1. The summed E-state index contributed by atoms with van der Waals surface area (Å²) in [5.74, 6) is 0.860. The van der Waals surface area contributed by atoms with Crippen molar-refractivity contribution in [2.45, 2.75) is 18.6 Å². The van der Waals surface area contributed by atoms with Gasteiger partial charge in [0.15, 0.2) is 28.3 Å². The quantitative estimate of drug-likeness (QED) is 0.285. The van der Waals surface area contributed by atoms with Gasteiger partial charge in [0.2, 0.25) is 0 Å². The first-order valence-corrected chi connectivity index (χ1v) is 10.6. The molecule has 2 heterocycles. The average molecular weight is 437 g/mol. The van der Waals surface area contributed by atoms with E-state index in [1.807, 2.05) is 47.9 Å². The Morgan fingerprint density at radius 2 is 2.00 bits per heavy atom. The van der Waals surface area contributed by atoms with Crippen LogP contribution in [-0.2, 0) is 6.54 Å². The van der Waals surface area contributed by atoms with E-state index in [2.05, 4.69) is 10.2 Å². The second-order valence-corrected chi connectivity index (χ2v) is 7.79. The SMILES string of the molecule is COc1ccc(C(=O)CSc2nnc(-c3ccccc3C)n2Cc2ccco2)cc1F. The Morgan fingerprint density at radius 3 is 2.71 bits per heavy atom. The third-order valence-corrected chi connectivity index (χ3v) is 5.77. The molecule has 0 saturated carbocycles. The summed E-state index contributed by atoms with van der Waals surface area (Å²) >= 11 is 1.25. The maximum atomic E-state index is 14.0. The summed E-state index contributed by atoms with van der Waals surface area (Å²) in [5.41, 5.74) is 2.30. The zero-order valence-corrected chi connectivity index (χ0v) is 17.9. The van der Waals surface area contributed by atoms with Gasteiger partial charge in [0.05, 0.1) is 25.7 Å². The Morgan fingerprint density at radius 1 is 1.16 bits per heavy atom. The van der Waals surface area contributed by atoms with Crippen LogP contribution in [0.15, 0.2) is 70.4 Å². The van der Waals surface area contributed by atoms with Gasteiger partial charge in [0.1, 0.15) is 5.76 Å². The molecule has 0 N–H and O–H groups in total. The predicted molar refractivity (Wildman–Crippen MR) is 116 cm³/mol. The molecule has 2 aromatic heterocycles.